The van der Waals surface area contributed by atoms with E-state index in [0.717, 1.165) is 12.2 Å². The average molecular weight is 454 g/mol. The van der Waals surface area contributed by atoms with Crippen molar-refractivity contribution in [2.24, 2.45) is 0 Å². The molecule has 2 aromatic heterocycles. The minimum absolute atomic E-state index is 0.995. The van der Waals surface area contributed by atoms with E-state index in [1.54, 1.807) is 0 Å². The number of aromatic nitrogens is 2. The van der Waals surface area contributed by atoms with Crippen molar-refractivity contribution in [3.63, 3.8) is 0 Å². The second kappa shape index (κ2) is 9.41. The van der Waals surface area contributed by atoms with Gasteiger partial charge >= 0.3 is 0 Å². The highest BCUT2D eigenvalue weighted by Gasteiger charge is 2.14. The predicted octanol–water partition coefficient (Wildman–Crippen LogP) is 5.77. The van der Waals surface area contributed by atoms with Crippen molar-refractivity contribution < 1.29 is 10.3 Å². The number of benzene rings is 3. The Hall–Kier alpha value is -4.47. The van der Waals surface area contributed by atoms with Gasteiger partial charge in [0.25, 0.3) is 0 Å². The predicted molar refractivity (Wildman–Crippen MR) is 143 cm³/mol. The first-order valence-electron chi connectivity index (χ1n) is 12.0. The van der Waals surface area contributed by atoms with Gasteiger partial charge in [-0.2, -0.15) is 0 Å². The minimum atomic E-state index is 0.995. The Morgan fingerprint density at radius 1 is 0.571 bits per heavy atom. The monoisotopic (exact) mass is 453 g/mol. The number of hydrogen-bond acceptors (Lipinski definition) is 0. The van der Waals surface area contributed by atoms with E-state index in [-0.39, 0.29) is 0 Å². The zero-order valence-corrected chi connectivity index (χ0v) is 19.4. The summed E-state index contributed by atoms with van der Waals surface area (Å²) < 4.78 is 2.36. The van der Waals surface area contributed by atoms with Crippen molar-refractivity contribution in [2.75, 3.05) is 6.54 Å². The molecule has 5 aromatic rings. The lowest BCUT2D eigenvalue weighted by atomic mass is 10.0. The van der Waals surface area contributed by atoms with E-state index >= 15 is 0 Å². The molecule has 1 aliphatic heterocycles. The van der Waals surface area contributed by atoms with Gasteiger partial charge in [0.1, 0.15) is 0 Å². The van der Waals surface area contributed by atoms with Crippen LogP contribution < -0.4 is 10.3 Å². The summed E-state index contributed by atoms with van der Waals surface area (Å²) in [5.41, 5.74) is 10.9. The lowest BCUT2D eigenvalue weighted by Gasteiger charge is -2.15. The van der Waals surface area contributed by atoms with E-state index in [1.165, 1.54) is 44.8 Å². The number of H-pyrrole nitrogens is 1. The van der Waals surface area contributed by atoms with Gasteiger partial charge < -0.3 is 9.88 Å². The highest BCUT2D eigenvalue weighted by atomic mass is 15.0. The van der Waals surface area contributed by atoms with Gasteiger partial charge in [0, 0.05) is 17.8 Å². The fourth-order valence-electron chi connectivity index (χ4n) is 4.72. The van der Waals surface area contributed by atoms with E-state index < -0.39 is 0 Å². The Balaban J connectivity index is 1.41. The molecule has 3 N–H and O–H groups in total. The molecule has 168 valence electrons. The van der Waals surface area contributed by atoms with Gasteiger partial charge in [-0.05, 0) is 69.8 Å². The fourth-order valence-corrected chi connectivity index (χ4v) is 4.72. The number of quaternary nitrogens is 1. The molecule has 3 heteroatoms. The van der Waals surface area contributed by atoms with Crippen molar-refractivity contribution in [1.29, 1.82) is 0 Å². The van der Waals surface area contributed by atoms with Crippen molar-refractivity contribution >= 4 is 5.57 Å². The summed E-state index contributed by atoms with van der Waals surface area (Å²) in [7, 11) is 0. The normalized spacial score (nSPS) is 13.0. The standard InChI is InChI=1S/C32H25N3/c1-2-4-30(5-3-1)35-31(28-10-6-24(7-11-28)26-16-20-33-21-17-26)14-15-32(35)29-12-8-25(9-13-29)27-18-22-34-23-19-27/h1-22,34H,23H2/p+2. The van der Waals surface area contributed by atoms with E-state index in [0.29, 0.717) is 0 Å². The number of rotatable bonds is 5. The molecule has 0 spiro atoms. The lowest BCUT2D eigenvalue weighted by Crippen LogP contribution is -2.78. The molecular formula is C32H27N3+2. The van der Waals surface area contributed by atoms with E-state index in [9.17, 15) is 0 Å². The van der Waals surface area contributed by atoms with Crippen LogP contribution >= 0.6 is 0 Å². The van der Waals surface area contributed by atoms with Gasteiger partial charge in [-0.3, -0.25) is 0 Å². The molecule has 3 heterocycles. The van der Waals surface area contributed by atoms with Crippen LogP contribution in [-0.4, -0.2) is 11.1 Å². The molecule has 0 radical (unpaired) electrons. The number of nitrogens with zero attached hydrogens (tertiary/aromatic N) is 1. The Bertz CT molecular complexity index is 1490. The highest BCUT2D eigenvalue weighted by Crippen LogP contribution is 2.34. The lowest BCUT2D eigenvalue weighted by molar-refractivity contribution is -0.578. The van der Waals surface area contributed by atoms with E-state index in [4.69, 9.17) is 0 Å². The number of hydrogen-bond donors (Lipinski definition) is 1. The first-order chi connectivity index (χ1) is 17.4. The topological polar surface area (TPSA) is 35.7 Å². The van der Waals surface area contributed by atoms with Crippen LogP contribution in [0.1, 0.15) is 5.56 Å². The zero-order chi connectivity index (χ0) is 23.5. The Labute approximate surface area is 205 Å². The number of para-hydroxylation sites is 1. The molecule has 0 aliphatic carbocycles. The fraction of sp³-hybridized carbons (Fsp3) is 0.0312. The number of nitrogens with one attached hydrogen (secondary N) is 1. The van der Waals surface area contributed by atoms with Gasteiger partial charge in [0.15, 0.2) is 12.4 Å². The zero-order valence-electron chi connectivity index (χ0n) is 19.4. The summed E-state index contributed by atoms with van der Waals surface area (Å²) in [6, 6.07) is 37.0. The molecule has 0 atom stereocenters. The quantitative estimate of drug-likeness (QED) is 0.351. The Morgan fingerprint density at radius 2 is 1.14 bits per heavy atom. The van der Waals surface area contributed by atoms with E-state index in [1.807, 2.05) is 12.4 Å². The van der Waals surface area contributed by atoms with Crippen molar-refractivity contribution in [3.8, 4) is 39.3 Å². The summed E-state index contributed by atoms with van der Waals surface area (Å²) >= 11 is 0. The summed E-state index contributed by atoms with van der Waals surface area (Å²) in [5.74, 6) is 0. The summed E-state index contributed by atoms with van der Waals surface area (Å²) in [6.07, 6.45) is 10.5. The van der Waals surface area contributed by atoms with Crippen LogP contribution in [0.15, 0.2) is 134 Å². The minimum Gasteiger partial charge on any atom is -0.317 e. The van der Waals surface area contributed by atoms with Crippen molar-refractivity contribution in [2.45, 2.75) is 0 Å². The molecule has 0 unspecified atom stereocenters. The van der Waals surface area contributed by atoms with Crippen molar-refractivity contribution in [3.05, 3.63) is 139 Å². The van der Waals surface area contributed by atoms with Crippen LogP contribution in [-0.2, 0) is 0 Å². The van der Waals surface area contributed by atoms with Gasteiger partial charge in [-0.1, -0.05) is 66.7 Å². The van der Waals surface area contributed by atoms with Crippen LogP contribution in [0.5, 0.6) is 0 Å². The molecule has 0 bridgehead atoms. The average Bonchev–Trinajstić information content (AvgIpc) is 3.40. The maximum absolute atomic E-state index is 3.09. The Kier molecular flexibility index (Phi) is 5.67. The maximum Gasteiger partial charge on any atom is 0.167 e. The van der Waals surface area contributed by atoms with Gasteiger partial charge in [0.2, 0.25) is 0 Å². The molecule has 0 saturated heterocycles. The molecule has 1 aliphatic rings. The van der Waals surface area contributed by atoms with Gasteiger partial charge in [0.05, 0.1) is 24.1 Å². The third-order valence-corrected chi connectivity index (χ3v) is 6.53. The van der Waals surface area contributed by atoms with Crippen LogP contribution in [0.4, 0.5) is 0 Å². The summed E-state index contributed by atoms with van der Waals surface area (Å²) in [4.78, 5) is 3.09. The SMILES string of the molecule is C1=CC(c2ccc(-c3ccc(-c4ccc(-c5cc[nH+]cc5)cc4)n3-c3ccccc3)cc2)=CC[NH2+]1. The third kappa shape index (κ3) is 4.25. The molecule has 6 rings (SSSR count). The molecule has 0 saturated carbocycles. The number of aromatic amines is 1. The Morgan fingerprint density at radius 3 is 1.74 bits per heavy atom. The van der Waals surface area contributed by atoms with Crippen LogP contribution in [0.2, 0.25) is 0 Å². The second-order valence-electron chi connectivity index (χ2n) is 8.71. The maximum atomic E-state index is 3.09. The number of pyridine rings is 1. The molecule has 3 aromatic carbocycles. The van der Waals surface area contributed by atoms with Crippen LogP contribution in [0.25, 0.3) is 44.9 Å². The van der Waals surface area contributed by atoms with Crippen LogP contribution in [0, 0.1) is 0 Å². The summed E-state index contributed by atoms with van der Waals surface area (Å²) in [5, 5.41) is 2.18. The first-order valence-corrected chi connectivity index (χ1v) is 12.0. The third-order valence-electron chi connectivity index (χ3n) is 6.53. The number of nitrogens with two attached hydrogens (primary N) is 1. The largest absolute Gasteiger partial charge is 0.317 e. The first kappa shape index (κ1) is 21.1. The molecule has 0 fully saturated rings. The molecule has 0 amide bonds. The highest BCUT2D eigenvalue weighted by molar-refractivity contribution is 5.78. The molecule has 35 heavy (non-hydrogen) atoms. The number of allylic oxidation sites excluding steroid dienone is 2. The molecular weight excluding hydrogens is 426 g/mol. The van der Waals surface area contributed by atoms with Gasteiger partial charge in [-0.25, -0.2) is 4.98 Å². The van der Waals surface area contributed by atoms with E-state index in [2.05, 4.69) is 136 Å². The summed E-state index contributed by atoms with van der Waals surface area (Å²) in [6.45, 7) is 0.995. The van der Waals surface area contributed by atoms with Crippen molar-refractivity contribution in [1.82, 2.24) is 4.57 Å². The van der Waals surface area contributed by atoms with Gasteiger partial charge in [-0.15, -0.1) is 0 Å². The molecule has 3 nitrogen and oxygen atoms in total. The second-order valence-corrected chi connectivity index (χ2v) is 8.71. The smallest absolute Gasteiger partial charge is 0.167 e. The van der Waals surface area contributed by atoms with Crippen LogP contribution in [0.3, 0.4) is 0 Å².